The molecule has 0 atom stereocenters. The first-order valence-corrected chi connectivity index (χ1v) is 6.81. The molecule has 0 fully saturated rings. The normalized spacial score (nSPS) is 10.3. The van der Waals surface area contributed by atoms with Crippen molar-refractivity contribution in [1.29, 1.82) is 0 Å². The van der Waals surface area contributed by atoms with Gasteiger partial charge in [-0.1, -0.05) is 31.2 Å². The fraction of sp³-hybridized carbons (Fsp3) is 0.235. The molecule has 2 aromatic carbocycles. The molecule has 2 N–H and O–H groups in total. The van der Waals surface area contributed by atoms with Gasteiger partial charge in [0.2, 0.25) is 0 Å². The van der Waals surface area contributed by atoms with E-state index in [1.54, 1.807) is 12.1 Å². The Kier molecular flexibility index (Phi) is 4.91. The van der Waals surface area contributed by atoms with E-state index in [-0.39, 0.29) is 5.78 Å². The molecule has 0 spiro atoms. The van der Waals surface area contributed by atoms with Gasteiger partial charge in [0.15, 0.2) is 5.78 Å². The number of ether oxygens (including phenoxy) is 1. The first kappa shape index (κ1) is 14.3. The molecule has 0 heterocycles. The highest BCUT2D eigenvalue weighted by Crippen LogP contribution is 2.16. The SMILES string of the molecule is CCCOc1ccc(C(=O)c2ccc(CN)cc2)cc1. The van der Waals surface area contributed by atoms with Gasteiger partial charge in [-0.3, -0.25) is 4.79 Å². The summed E-state index contributed by atoms with van der Waals surface area (Å²) in [7, 11) is 0. The zero-order valence-electron chi connectivity index (χ0n) is 11.6. The van der Waals surface area contributed by atoms with Crippen LogP contribution in [0.2, 0.25) is 0 Å². The fourth-order valence-electron chi connectivity index (χ4n) is 1.88. The summed E-state index contributed by atoms with van der Waals surface area (Å²) in [6.07, 6.45) is 0.966. The van der Waals surface area contributed by atoms with E-state index in [0.29, 0.717) is 24.3 Å². The Morgan fingerprint density at radius 3 is 2.05 bits per heavy atom. The van der Waals surface area contributed by atoms with Gasteiger partial charge in [0, 0.05) is 17.7 Å². The Morgan fingerprint density at radius 1 is 1.00 bits per heavy atom. The van der Waals surface area contributed by atoms with Crippen molar-refractivity contribution in [1.82, 2.24) is 0 Å². The minimum atomic E-state index is 0.00983. The maximum absolute atomic E-state index is 12.3. The molecule has 0 aliphatic heterocycles. The van der Waals surface area contributed by atoms with Crippen molar-refractivity contribution in [2.75, 3.05) is 6.61 Å². The van der Waals surface area contributed by atoms with Crippen LogP contribution in [0.4, 0.5) is 0 Å². The molecule has 2 aromatic rings. The van der Waals surface area contributed by atoms with Crippen LogP contribution in [0.15, 0.2) is 48.5 Å². The van der Waals surface area contributed by atoms with E-state index in [1.807, 2.05) is 36.4 Å². The Bertz CT molecular complexity index is 559. The van der Waals surface area contributed by atoms with Gasteiger partial charge in [0.25, 0.3) is 0 Å². The molecule has 0 aromatic heterocycles. The maximum atomic E-state index is 12.3. The predicted octanol–water partition coefficient (Wildman–Crippen LogP) is 3.17. The number of benzene rings is 2. The van der Waals surface area contributed by atoms with Crippen molar-refractivity contribution in [3.63, 3.8) is 0 Å². The average molecular weight is 269 g/mol. The molecule has 0 unspecified atom stereocenters. The molecule has 0 saturated carbocycles. The highest BCUT2D eigenvalue weighted by molar-refractivity contribution is 6.09. The Hall–Kier alpha value is -2.13. The second kappa shape index (κ2) is 6.87. The van der Waals surface area contributed by atoms with Crippen LogP contribution in [0.3, 0.4) is 0 Å². The second-order valence-corrected chi connectivity index (χ2v) is 4.60. The number of ketones is 1. The molecule has 0 aliphatic rings. The molecule has 0 radical (unpaired) electrons. The average Bonchev–Trinajstić information content (AvgIpc) is 2.53. The molecule has 20 heavy (non-hydrogen) atoms. The number of hydrogen-bond acceptors (Lipinski definition) is 3. The number of nitrogens with two attached hydrogens (primary N) is 1. The van der Waals surface area contributed by atoms with Gasteiger partial charge in [0.1, 0.15) is 5.75 Å². The van der Waals surface area contributed by atoms with Crippen LogP contribution >= 0.6 is 0 Å². The van der Waals surface area contributed by atoms with Crippen LogP contribution in [-0.4, -0.2) is 12.4 Å². The lowest BCUT2D eigenvalue weighted by Crippen LogP contribution is -2.03. The second-order valence-electron chi connectivity index (χ2n) is 4.60. The van der Waals surface area contributed by atoms with Gasteiger partial charge in [-0.15, -0.1) is 0 Å². The quantitative estimate of drug-likeness (QED) is 0.819. The monoisotopic (exact) mass is 269 g/mol. The minimum Gasteiger partial charge on any atom is -0.494 e. The summed E-state index contributed by atoms with van der Waals surface area (Å²) >= 11 is 0. The first-order valence-electron chi connectivity index (χ1n) is 6.81. The zero-order chi connectivity index (χ0) is 14.4. The van der Waals surface area contributed by atoms with E-state index in [2.05, 4.69) is 6.92 Å². The topological polar surface area (TPSA) is 52.3 Å². The van der Waals surface area contributed by atoms with E-state index in [9.17, 15) is 4.79 Å². The summed E-state index contributed by atoms with van der Waals surface area (Å²) in [5, 5.41) is 0. The molecule has 0 amide bonds. The summed E-state index contributed by atoms with van der Waals surface area (Å²) in [5.74, 6) is 0.803. The standard InChI is InChI=1S/C17H19NO2/c1-2-11-20-16-9-7-15(8-10-16)17(19)14-5-3-13(12-18)4-6-14/h3-10H,2,11-12,18H2,1H3. The van der Waals surface area contributed by atoms with Crippen molar-refractivity contribution in [2.24, 2.45) is 5.73 Å². The van der Waals surface area contributed by atoms with Crippen molar-refractivity contribution < 1.29 is 9.53 Å². The van der Waals surface area contributed by atoms with Gasteiger partial charge < -0.3 is 10.5 Å². The van der Waals surface area contributed by atoms with E-state index in [4.69, 9.17) is 10.5 Å². The lowest BCUT2D eigenvalue weighted by atomic mass is 10.0. The molecule has 0 aliphatic carbocycles. The Labute approximate surface area is 119 Å². The number of hydrogen-bond donors (Lipinski definition) is 1. The van der Waals surface area contributed by atoms with Crippen LogP contribution in [0.1, 0.15) is 34.8 Å². The third-order valence-corrected chi connectivity index (χ3v) is 3.04. The number of carbonyl (C=O) groups excluding carboxylic acids is 1. The molecule has 104 valence electrons. The van der Waals surface area contributed by atoms with Gasteiger partial charge in [-0.25, -0.2) is 0 Å². The minimum absolute atomic E-state index is 0.00983. The summed E-state index contributed by atoms with van der Waals surface area (Å²) in [5.41, 5.74) is 7.90. The summed E-state index contributed by atoms with van der Waals surface area (Å²) in [6.45, 7) is 3.23. The van der Waals surface area contributed by atoms with Crippen LogP contribution < -0.4 is 10.5 Å². The zero-order valence-corrected chi connectivity index (χ0v) is 11.6. The maximum Gasteiger partial charge on any atom is 0.193 e. The molecule has 3 heteroatoms. The van der Waals surface area contributed by atoms with Crippen molar-refractivity contribution in [3.8, 4) is 5.75 Å². The van der Waals surface area contributed by atoms with E-state index < -0.39 is 0 Å². The lowest BCUT2D eigenvalue weighted by Gasteiger charge is -2.06. The van der Waals surface area contributed by atoms with Crippen LogP contribution in [0.25, 0.3) is 0 Å². The highest BCUT2D eigenvalue weighted by atomic mass is 16.5. The van der Waals surface area contributed by atoms with Crippen molar-refractivity contribution in [3.05, 3.63) is 65.2 Å². The summed E-state index contributed by atoms with van der Waals surface area (Å²) in [6, 6.07) is 14.6. The number of carbonyl (C=O) groups is 1. The largest absolute Gasteiger partial charge is 0.494 e. The molecule has 2 rings (SSSR count). The van der Waals surface area contributed by atoms with Gasteiger partial charge in [0.05, 0.1) is 6.61 Å². The third-order valence-electron chi connectivity index (χ3n) is 3.04. The van der Waals surface area contributed by atoms with Crippen molar-refractivity contribution >= 4 is 5.78 Å². The van der Waals surface area contributed by atoms with Gasteiger partial charge >= 0.3 is 0 Å². The fourth-order valence-corrected chi connectivity index (χ4v) is 1.88. The molecular weight excluding hydrogens is 250 g/mol. The molecular formula is C17H19NO2. The summed E-state index contributed by atoms with van der Waals surface area (Å²) in [4.78, 5) is 12.3. The summed E-state index contributed by atoms with van der Waals surface area (Å²) < 4.78 is 5.50. The Morgan fingerprint density at radius 2 is 1.55 bits per heavy atom. The van der Waals surface area contributed by atoms with Gasteiger partial charge in [-0.05, 0) is 36.2 Å². The van der Waals surface area contributed by atoms with Crippen molar-refractivity contribution in [2.45, 2.75) is 19.9 Å². The molecule has 0 bridgehead atoms. The smallest absolute Gasteiger partial charge is 0.193 e. The highest BCUT2D eigenvalue weighted by Gasteiger charge is 2.08. The number of rotatable bonds is 6. The van der Waals surface area contributed by atoms with E-state index >= 15 is 0 Å². The first-order chi connectivity index (χ1) is 9.74. The molecule has 3 nitrogen and oxygen atoms in total. The van der Waals surface area contributed by atoms with Crippen LogP contribution in [-0.2, 0) is 6.54 Å². The van der Waals surface area contributed by atoms with Crippen LogP contribution in [0, 0.1) is 0 Å². The predicted molar refractivity (Wildman–Crippen MR) is 80.0 cm³/mol. The molecule has 0 saturated heterocycles. The van der Waals surface area contributed by atoms with Gasteiger partial charge in [-0.2, -0.15) is 0 Å². The van der Waals surface area contributed by atoms with Crippen LogP contribution in [0.5, 0.6) is 5.75 Å². The third kappa shape index (κ3) is 3.45. The lowest BCUT2D eigenvalue weighted by molar-refractivity contribution is 0.103. The Balaban J connectivity index is 2.11. The van der Waals surface area contributed by atoms with E-state index in [1.165, 1.54) is 0 Å². The van der Waals surface area contributed by atoms with E-state index in [0.717, 1.165) is 17.7 Å².